The van der Waals surface area contributed by atoms with Gasteiger partial charge in [0.1, 0.15) is 12.2 Å². The van der Waals surface area contributed by atoms with Crippen molar-refractivity contribution in [2.24, 2.45) is 0 Å². The first kappa shape index (κ1) is 7.44. The Kier molecular flexibility index (Phi) is 1.33. The molecule has 68 valence electrons. The molecule has 0 aliphatic heterocycles. The van der Waals surface area contributed by atoms with E-state index in [2.05, 4.69) is 15.1 Å². The molecule has 4 heteroatoms. The van der Waals surface area contributed by atoms with Gasteiger partial charge < -0.3 is 0 Å². The number of nitrogens with zero attached hydrogens (tertiary/aromatic N) is 4. The van der Waals surface area contributed by atoms with E-state index in [1.807, 2.05) is 31.2 Å². The van der Waals surface area contributed by atoms with E-state index in [1.54, 1.807) is 10.8 Å². The summed E-state index contributed by atoms with van der Waals surface area (Å²) in [5, 5.41) is 5.24. The Morgan fingerprint density at radius 3 is 3.00 bits per heavy atom. The third-order valence-electron chi connectivity index (χ3n) is 2.19. The number of aryl methyl sites for hydroxylation is 1. The molecular formula is C10H8N4. The molecule has 0 fully saturated rings. The van der Waals surface area contributed by atoms with Gasteiger partial charge in [0.05, 0.1) is 5.52 Å². The molecule has 3 aromatic rings. The summed E-state index contributed by atoms with van der Waals surface area (Å²) in [6, 6.07) is 7.92. The SMILES string of the molecule is Cc1nc2c3ccccc3ncn2n1. The summed E-state index contributed by atoms with van der Waals surface area (Å²) in [5.41, 5.74) is 1.82. The monoisotopic (exact) mass is 184 g/mol. The Morgan fingerprint density at radius 2 is 2.07 bits per heavy atom. The molecule has 0 saturated heterocycles. The summed E-state index contributed by atoms with van der Waals surface area (Å²) >= 11 is 0. The molecule has 0 atom stereocenters. The van der Waals surface area contributed by atoms with Gasteiger partial charge >= 0.3 is 0 Å². The third-order valence-corrected chi connectivity index (χ3v) is 2.19. The highest BCUT2D eigenvalue weighted by Gasteiger charge is 2.03. The maximum Gasteiger partial charge on any atom is 0.166 e. The first-order valence-electron chi connectivity index (χ1n) is 4.41. The summed E-state index contributed by atoms with van der Waals surface area (Å²) in [4.78, 5) is 8.64. The standard InChI is InChI=1S/C10H8N4/c1-7-12-10-8-4-2-3-5-9(8)11-6-14(10)13-7/h2-6H,1H3. The minimum absolute atomic E-state index is 0.767. The van der Waals surface area contributed by atoms with Crippen LogP contribution < -0.4 is 0 Å². The Bertz CT molecular complexity index is 612. The summed E-state index contributed by atoms with van der Waals surface area (Å²) in [7, 11) is 0. The van der Waals surface area contributed by atoms with Gasteiger partial charge in [0, 0.05) is 5.39 Å². The van der Waals surface area contributed by atoms with E-state index in [9.17, 15) is 0 Å². The maximum atomic E-state index is 4.35. The van der Waals surface area contributed by atoms with Crippen molar-refractivity contribution in [1.82, 2.24) is 19.6 Å². The van der Waals surface area contributed by atoms with Crippen LogP contribution in [0.25, 0.3) is 16.6 Å². The second kappa shape index (κ2) is 2.51. The molecule has 0 aliphatic carbocycles. The van der Waals surface area contributed by atoms with Crippen molar-refractivity contribution in [2.45, 2.75) is 6.92 Å². The van der Waals surface area contributed by atoms with Gasteiger partial charge in [0.25, 0.3) is 0 Å². The van der Waals surface area contributed by atoms with Gasteiger partial charge in [0.2, 0.25) is 0 Å². The van der Waals surface area contributed by atoms with Crippen molar-refractivity contribution in [3.05, 3.63) is 36.4 Å². The second-order valence-corrected chi connectivity index (χ2v) is 3.19. The van der Waals surface area contributed by atoms with Gasteiger partial charge in [-0.15, -0.1) is 0 Å². The Labute approximate surface area is 80.2 Å². The number of hydrogen-bond donors (Lipinski definition) is 0. The Balaban J connectivity index is 2.60. The third kappa shape index (κ3) is 0.907. The minimum atomic E-state index is 0.767. The molecule has 2 heterocycles. The minimum Gasteiger partial charge on any atom is -0.236 e. The van der Waals surface area contributed by atoms with Gasteiger partial charge in [0.15, 0.2) is 5.65 Å². The van der Waals surface area contributed by atoms with E-state index >= 15 is 0 Å². The van der Waals surface area contributed by atoms with Crippen molar-refractivity contribution in [2.75, 3.05) is 0 Å². The smallest absolute Gasteiger partial charge is 0.166 e. The lowest BCUT2D eigenvalue weighted by molar-refractivity contribution is 0.908. The zero-order valence-electron chi connectivity index (χ0n) is 7.68. The summed E-state index contributed by atoms with van der Waals surface area (Å²) in [5.74, 6) is 0.767. The number of aromatic nitrogens is 4. The first-order chi connectivity index (χ1) is 6.84. The average Bonchev–Trinajstić information content (AvgIpc) is 2.59. The first-order valence-corrected chi connectivity index (χ1v) is 4.41. The fourth-order valence-electron chi connectivity index (χ4n) is 1.59. The molecule has 1 aromatic carbocycles. The van der Waals surface area contributed by atoms with E-state index < -0.39 is 0 Å². The van der Waals surface area contributed by atoms with Crippen LogP contribution >= 0.6 is 0 Å². The summed E-state index contributed by atoms with van der Waals surface area (Å²) < 4.78 is 1.71. The van der Waals surface area contributed by atoms with Crippen LogP contribution in [0.1, 0.15) is 5.82 Å². The Morgan fingerprint density at radius 1 is 1.21 bits per heavy atom. The second-order valence-electron chi connectivity index (χ2n) is 3.19. The Hall–Kier alpha value is -1.97. The molecule has 0 N–H and O–H groups in total. The van der Waals surface area contributed by atoms with Crippen molar-refractivity contribution in [3.63, 3.8) is 0 Å². The number of rotatable bonds is 0. The zero-order valence-corrected chi connectivity index (χ0v) is 7.68. The zero-order chi connectivity index (χ0) is 9.54. The molecule has 0 radical (unpaired) electrons. The van der Waals surface area contributed by atoms with Crippen LogP contribution in [0.5, 0.6) is 0 Å². The molecule has 0 bridgehead atoms. The summed E-state index contributed by atoms with van der Waals surface area (Å²) in [6.07, 6.45) is 1.69. The predicted octanol–water partition coefficient (Wildman–Crippen LogP) is 1.59. The lowest BCUT2D eigenvalue weighted by Crippen LogP contribution is -1.90. The van der Waals surface area contributed by atoms with E-state index in [0.29, 0.717) is 0 Å². The largest absolute Gasteiger partial charge is 0.236 e. The molecule has 14 heavy (non-hydrogen) atoms. The number of para-hydroxylation sites is 1. The molecule has 0 amide bonds. The van der Waals surface area contributed by atoms with Crippen molar-refractivity contribution in [3.8, 4) is 0 Å². The number of benzene rings is 1. The van der Waals surface area contributed by atoms with Crippen LogP contribution in [0.4, 0.5) is 0 Å². The van der Waals surface area contributed by atoms with E-state index in [4.69, 9.17) is 0 Å². The average molecular weight is 184 g/mol. The van der Waals surface area contributed by atoms with Gasteiger partial charge in [-0.2, -0.15) is 5.10 Å². The van der Waals surface area contributed by atoms with Gasteiger partial charge in [-0.1, -0.05) is 12.1 Å². The molecule has 0 aliphatic rings. The van der Waals surface area contributed by atoms with Crippen molar-refractivity contribution >= 4 is 16.6 Å². The molecule has 4 nitrogen and oxygen atoms in total. The van der Waals surface area contributed by atoms with E-state index in [1.165, 1.54) is 0 Å². The fourth-order valence-corrected chi connectivity index (χ4v) is 1.59. The highest BCUT2D eigenvalue weighted by atomic mass is 15.3. The van der Waals surface area contributed by atoms with Crippen molar-refractivity contribution < 1.29 is 0 Å². The van der Waals surface area contributed by atoms with E-state index in [0.717, 1.165) is 22.4 Å². The molecule has 2 aromatic heterocycles. The van der Waals surface area contributed by atoms with Gasteiger partial charge in [-0.25, -0.2) is 14.5 Å². The predicted molar refractivity (Wildman–Crippen MR) is 53.0 cm³/mol. The lowest BCUT2D eigenvalue weighted by atomic mass is 10.2. The number of fused-ring (bicyclic) bond motifs is 3. The lowest BCUT2D eigenvalue weighted by Gasteiger charge is -1.96. The quantitative estimate of drug-likeness (QED) is 0.532. The van der Waals surface area contributed by atoms with Crippen molar-refractivity contribution in [1.29, 1.82) is 0 Å². The molecule has 0 spiro atoms. The van der Waals surface area contributed by atoms with Crippen LogP contribution in [0, 0.1) is 6.92 Å². The maximum absolute atomic E-state index is 4.35. The van der Waals surface area contributed by atoms with Gasteiger partial charge in [-0.3, -0.25) is 0 Å². The summed E-state index contributed by atoms with van der Waals surface area (Å²) in [6.45, 7) is 1.88. The highest BCUT2D eigenvalue weighted by Crippen LogP contribution is 2.15. The fraction of sp³-hybridized carbons (Fsp3) is 0.100. The van der Waals surface area contributed by atoms with Crippen LogP contribution in [0.15, 0.2) is 30.6 Å². The van der Waals surface area contributed by atoms with Gasteiger partial charge in [-0.05, 0) is 19.1 Å². The molecule has 0 unspecified atom stereocenters. The number of hydrogen-bond acceptors (Lipinski definition) is 3. The molecule has 3 rings (SSSR count). The van der Waals surface area contributed by atoms with Crippen LogP contribution in [0.3, 0.4) is 0 Å². The van der Waals surface area contributed by atoms with E-state index in [-0.39, 0.29) is 0 Å². The molecule has 0 saturated carbocycles. The molecular weight excluding hydrogens is 176 g/mol. The van der Waals surface area contributed by atoms with Crippen LogP contribution in [-0.2, 0) is 0 Å². The topological polar surface area (TPSA) is 43.1 Å². The van der Waals surface area contributed by atoms with Crippen LogP contribution in [0.2, 0.25) is 0 Å². The highest BCUT2D eigenvalue weighted by molar-refractivity contribution is 5.90. The normalized spacial score (nSPS) is 11.2. The van der Waals surface area contributed by atoms with Crippen LogP contribution in [-0.4, -0.2) is 19.6 Å².